The number of carbonyl (C=O) groups is 1. The molecule has 2 aromatic heterocycles. The molecule has 1 amide bonds. The molecule has 27 heavy (non-hydrogen) atoms. The highest BCUT2D eigenvalue weighted by atomic mass is 16.2. The van der Waals surface area contributed by atoms with Crippen molar-refractivity contribution in [2.75, 3.05) is 13.1 Å². The number of aromatic nitrogens is 3. The first-order valence-electron chi connectivity index (χ1n) is 10.1. The summed E-state index contributed by atoms with van der Waals surface area (Å²) in [5.74, 6) is 0.466. The normalized spacial score (nSPS) is 25.0. The fourth-order valence-corrected chi connectivity index (χ4v) is 4.61. The van der Waals surface area contributed by atoms with Crippen LogP contribution in [0.2, 0.25) is 0 Å². The molecule has 144 valence electrons. The van der Waals surface area contributed by atoms with Crippen LogP contribution < -0.4 is 5.32 Å². The first kappa shape index (κ1) is 18.2. The second-order valence-electron chi connectivity index (χ2n) is 8.07. The van der Waals surface area contributed by atoms with E-state index in [1.165, 1.54) is 5.56 Å². The SMILES string of the molecule is CC1CCc2[nH]ncc2C1C(=O)NC1CCN(C(C)c2ccncc2)CC1. The van der Waals surface area contributed by atoms with E-state index in [2.05, 4.69) is 51.4 Å². The van der Waals surface area contributed by atoms with Gasteiger partial charge in [0.05, 0.1) is 12.1 Å². The summed E-state index contributed by atoms with van der Waals surface area (Å²) < 4.78 is 0. The number of pyridine rings is 1. The molecule has 3 atom stereocenters. The van der Waals surface area contributed by atoms with Crippen molar-refractivity contribution >= 4 is 5.91 Å². The van der Waals surface area contributed by atoms with Crippen LogP contribution >= 0.6 is 0 Å². The Balaban J connectivity index is 1.34. The number of hydrogen-bond donors (Lipinski definition) is 2. The highest BCUT2D eigenvalue weighted by Crippen LogP contribution is 2.35. The standard InChI is InChI=1S/C21H29N5O/c1-14-3-4-19-18(13-23-25-19)20(14)21(27)24-17-7-11-26(12-8-17)15(2)16-5-9-22-10-6-16/h5-6,9-10,13-15,17,20H,3-4,7-8,11-12H2,1-2H3,(H,23,25)(H,24,27). The van der Waals surface area contributed by atoms with E-state index in [0.29, 0.717) is 12.0 Å². The topological polar surface area (TPSA) is 73.9 Å². The predicted molar refractivity (Wildman–Crippen MR) is 104 cm³/mol. The molecule has 0 spiro atoms. The van der Waals surface area contributed by atoms with E-state index in [1.54, 1.807) is 0 Å². The number of likely N-dealkylation sites (tertiary alicyclic amines) is 1. The van der Waals surface area contributed by atoms with Crippen LogP contribution in [0, 0.1) is 5.92 Å². The van der Waals surface area contributed by atoms with Gasteiger partial charge in [0, 0.05) is 48.8 Å². The van der Waals surface area contributed by atoms with Crippen molar-refractivity contribution in [2.45, 2.75) is 57.5 Å². The zero-order valence-corrected chi connectivity index (χ0v) is 16.2. The smallest absolute Gasteiger partial charge is 0.228 e. The molecule has 0 bridgehead atoms. The van der Waals surface area contributed by atoms with Crippen molar-refractivity contribution in [2.24, 2.45) is 5.92 Å². The molecule has 0 aromatic carbocycles. The zero-order valence-electron chi connectivity index (χ0n) is 16.2. The molecular formula is C21H29N5O. The third-order valence-electron chi connectivity index (χ3n) is 6.40. The number of piperidine rings is 1. The predicted octanol–water partition coefficient (Wildman–Crippen LogP) is 2.81. The number of nitrogens with zero attached hydrogens (tertiary/aromatic N) is 3. The second kappa shape index (κ2) is 7.80. The minimum atomic E-state index is -0.0683. The number of H-pyrrole nitrogens is 1. The molecule has 4 rings (SSSR count). The molecule has 6 nitrogen and oxygen atoms in total. The Kier molecular flexibility index (Phi) is 5.25. The molecule has 2 N–H and O–H groups in total. The Morgan fingerprint density at radius 1 is 1.26 bits per heavy atom. The summed E-state index contributed by atoms with van der Waals surface area (Å²) in [6.45, 7) is 6.44. The van der Waals surface area contributed by atoms with E-state index < -0.39 is 0 Å². The van der Waals surface area contributed by atoms with Crippen LogP contribution in [0.3, 0.4) is 0 Å². The Hall–Kier alpha value is -2.21. The quantitative estimate of drug-likeness (QED) is 0.871. The lowest BCUT2D eigenvalue weighted by Crippen LogP contribution is -2.47. The van der Waals surface area contributed by atoms with Gasteiger partial charge >= 0.3 is 0 Å². The van der Waals surface area contributed by atoms with Gasteiger partial charge in [-0.25, -0.2) is 0 Å². The van der Waals surface area contributed by atoms with Crippen LogP contribution in [-0.4, -0.2) is 45.1 Å². The Morgan fingerprint density at radius 2 is 2.00 bits per heavy atom. The number of aryl methyl sites for hydroxylation is 1. The monoisotopic (exact) mass is 367 g/mol. The zero-order chi connectivity index (χ0) is 18.8. The van der Waals surface area contributed by atoms with Crippen LogP contribution in [0.15, 0.2) is 30.7 Å². The lowest BCUT2D eigenvalue weighted by molar-refractivity contribution is -0.125. The van der Waals surface area contributed by atoms with Crippen LogP contribution in [0.25, 0.3) is 0 Å². The molecule has 2 aromatic rings. The number of carbonyl (C=O) groups excluding carboxylic acids is 1. The van der Waals surface area contributed by atoms with Gasteiger partial charge in [-0.3, -0.25) is 19.8 Å². The molecule has 1 aliphatic carbocycles. The maximum atomic E-state index is 13.0. The van der Waals surface area contributed by atoms with Crippen molar-refractivity contribution in [3.63, 3.8) is 0 Å². The number of fused-ring (bicyclic) bond motifs is 1. The Morgan fingerprint density at radius 3 is 2.74 bits per heavy atom. The van der Waals surface area contributed by atoms with Crippen LogP contribution in [0.5, 0.6) is 0 Å². The van der Waals surface area contributed by atoms with Crippen molar-refractivity contribution < 1.29 is 4.79 Å². The fourth-order valence-electron chi connectivity index (χ4n) is 4.61. The molecule has 1 saturated heterocycles. The van der Waals surface area contributed by atoms with E-state index in [1.807, 2.05) is 18.6 Å². The molecule has 6 heteroatoms. The molecule has 1 aliphatic heterocycles. The van der Waals surface area contributed by atoms with Crippen molar-refractivity contribution in [3.05, 3.63) is 47.5 Å². The molecule has 3 heterocycles. The molecule has 3 unspecified atom stereocenters. The van der Waals surface area contributed by atoms with Gasteiger partial charge in [0.25, 0.3) is 0 Å². The highest BCUT2D eigenvalue weighted by molar-refractivity contribution is 5.84. The van der Waals surface area contributed by atoms with E-state index in [-0.39, 0.29) is 17.9 Å². The van der Waals surface area contributed by atoms with Crippen LogP contribution in [-0.2, 0) is 11.2 Å². The van der Waals surface area contributed by atoms with Gasteiger partial charge in [0.2, 0.25) is 5.91 Å². The van der Waals surface area contributed by atoms with E-state index in [4.69, 9.17) is 0 Å². The van der Waals surface area contributed by atoms with Crippen LogP contribution in [0.4, 0.5) is 0 Å². The summed E-state index contributed by atoms with van der Waals surface area (Å²) in [6.07, 6.45) is 9.58. The number of rotatable bonds is 4. The maximum Gasteiger partial charge on any atom is 0.228 e. The highest BCUT2D eigenvalue weighted by Gasteiger charge is 2.35. The fraction of sp³-hybridized carbons (Fsp3) is 0.571. The molecule has 0 saturated carbocycles. The second-order valence-corrected chi connectivity index (χ2v) is 8.07. The van der Waals surface area contributed by atoms with Gasteiger partial charge in [-0.05, 0) is 56.2 Å². The summed E-state index contributed by atoms with van der Waals surface area (Å²) in [4.78, 5) is 19.6. The molecular weight excluding hydrogens is 338 g/mol. The molecule has 2 aliphatic rings. The Bertz CT molecular complexity index is 766. The van der Waals surface area contributed by atoms with Gasteiger partial charge in [0.1, 0.15) is 0 Å². The summed E-state index contributed by atoms with van der Waals surface area (Å²) in [6, 6.07) is 4.83. The minimum Gasteiger partial charge on any atom is -0.353 e. The van der Waals surface area contributed by atoms with Gasteiger partial charge < -0.3 is 5.32 Å². The number of nitrogens with one attached hydrogen (secondary N) is 2. The first-order chi connectivity index (χ1) is 13.1. The van der Waals surface area contributed by atoms with Gasteiger partial charge in [-0.2, -0.15) is 5.10 Å². The summed E-state index contributed by atoms with van der Waals surface area (Å²) in [5.41, 5.74) is 3.53. The molecule has 0 radical (unpaired) electrons. The number of aromatic amines is 1. The van der Waals surface area contributed by atoms with Gasteiger partial charge in [0.15, 0.2) is 0 Å². The lowest BCUT2D eigenvalue weighted by Gasteiger charge is -2.37. The van der Waals surface area contributed by atoms with Gasteiger partial charge in [-0.15, -0.1) is 0 Å². The maximum absolute atomic E-state index is 13.0. The average molecular weight is 367 g/mol. The minimum absolute atomic E-state index is 0.0683. The number of amides is 1. The van der Waals surface area contributed by atoms with Crippen molar-refractivity contribution in [1.82, 2.24) is 25.4 Å². The third-order valence-corrected chi connectivity index (χ3v) is 6.40. The van der Waals surface area contributed by atoms with E-state index >= 15 is 0 Å². The van der Waals surface area contributed by atoms with E-state index in [9.17, 15) is 4.79 Å². The average Bonchev–Trinajstić information content (AvgIpc) is 3.17. The Labute approximate surface area is 160 Å². The van der Waals surface area contributed by atoms with E-state index in [0.717, 1.165) is 50.0 Å². The number of hydrogen-bond acceptors (Lipinski definition) is 4. The largest absolute Gasteiger partial charge is 0.353 e. The summed E-state index contributed by atoms with van der Waals surface area (Å²) in [7, 11) is 0. The summed E-state index contributed by atoms with van der Waals surface area (Å²) >= 11 is 0. The van der Waals surface area contributed by atoms with Crippen LogP contribution in [0.1, 0.15) is 61.9 Å². The van der Waals surface area contributed by atoms with Crippen molar-refractivity contribution in [3.8, 4) is 0 Å². The lowest BCUT2D eigenvalue weighted by atomic mass is 9.78. The van der Waals surface area contributed by atoms with Crippen molar-refractivity contribution in [1.29, 1.82) is 0 Å². The molecule has 1 fully saturated rings. The third kappa shape index (κ3) is 3.76. The first-order valence-corrected chi connectivity index (χ1v) is 10.1. The summed E-state index contributed by atoms with van der Waals surface area (Å²) in [5, 5.41) is 10.6. The van der Waals surface area contributed by atoms with Gasteiger partial charge in [-0.1, -0.05) is 6.92 Å².